The number of benzene rings is 2. The number of para-hydroxylation sites is 1. The Hall–Kier alpha value is -2.38. The number of ether oxygens (including phenoxy) is 1. The Morgan fingerprint density at radius 2 is 1.95 bits per heavy atom. The number of hydrogen-bond acceptors (Lipinski definition) is 3. The van der Waals surface area contributed by atoms with Crippen LogP contribution < -0.4 is 4.74 Å². The van der Waals surface area contributed by atoms with Gasteiger partial charge in [0.2, 0.25) is 0 Å². The molecule has 0 aliphatic heterocycles. The SMILES string of the molecule is C[C@H](O)c1ccc(C#N)cc1Oc1ccccc1F. The van der Waals surface area contributed by atoms with Crippen LogP contribution in [-0.2, 0) is 0 Å². The van der Waals surface area contributed by atoms with Gasteiger partial charge < -0.3 is 9.84 Å². The van der Waals surface area contributed by atoms with Crippen LogP contribution in [0.15, 0.2) is 42.5 Å². The topological polar surface area (TPSA) is 53.2 Å². The first-order valence-electron chi connectivity index (χ1n) is 5.76. The third-order valence-electron chi connectivity index (χ3n) is 2.65. The lowest BCUT2D eigenvalue weighted by Crippen LogP contribution is -1.98. The minimum Gasteiger partial charge on any atom is -0.454 e. The summed E-state index contributed by atoms with van der Waals surface area (Å²) in [5.74, 6) is -0.167. The first-order valence-corrected chi connectivity index (χ1v) is 5.76. The highest BCUT2D eigenvalue weighted by atomic mass is 19.1. The van der Waals surface area contributed by atoms with Crippen molar-refractivity contribution in [2.75, 3.05) is 0 Å². The van der Waals surface area contributed by atoms with Gasteiger partial charge in [0.1, 0.15) is 5.75 Å². The Kier molecular flexibility index (Phi) is 3.79. The second-order valence-electron chi connectivity index (χ2n) is 4.07. The second-order valence-corrected chi connectivity index (χ2v) is 4.07. The first-order chi connectivity index (χ1) is 9.11. The lowest BCUT2D eigenvalue weighted by molar-refractivity contribution is 0.195. The summed E-state index contributed by atoms with van der Waals surface area (Å²) >= 11 is 0. The summed E-state index contributed by atoms with van der Waals surface area (Å²) in [5.41, 5.74) is 0.887. The fourth-order valence-corrected chi connectivity index (χ4v) is 1.68. The zero-order valence-electron chi connectivity index (χ0n) is 10.3. The predicted molar refractivity (Wildman–Crippen MR) is 68.3 cm³/mol. The molecule has 1 N–H and O–H groups in total. The molecule has 0 aliphatic carbocycles. The summed E-state index contributed by atoms with van der Waals surface area (Å²) in [5, 5.41) is 18.5. The lowest BCUT2D eigenvalue weighted by atomic mass is 10.1. The van der Waals surface area contributed by atoms with E-state index in [-0.39, 0.29) is 11.5 Å². The molecule has 0 bridgehead atoms. The van der Waals surface area contributed by atoms with Crippen molar-refractivity contribution in [3.63, 3.8) is 0 Å². The summed E-state index contributed by atoms with van der Waals surface area (Å²) in [6, 6.07) is 12.6. The van der Waals surface area contributed by atoms with Gasteiger partial charge in [-0.1, -0.05) is 18.2 Å². The quantitative estimate of drug-likeness (QED) is 0.914. The largest absolute Gasteiger partial charge is 0.454 e. The van der Waals surface area contributed by atoms with Crippen molar-refractivity contribution in [3.8, 4) is 17.6 Å². The van der Waals surface area contributed by atoms with Crippen molar-refractivity contribution < 1.29 is 14.2 Å². The van der Waals surface area contributed by atoms with Crippen LogP contribution in [0.5, 0.6) is 11.5 Å². The van der Waals surface area contributed by atoms with Gasteiger partial charge in [-0.05, 0) is 31.2 Å². The predicted octanol–water partition coefficient (Wildman–Crippen LogP) is 3.54. The van der Waals surface area contributed by atoms with Gasteiger partial charge in [0.25, 0.3) is 0 Å². The van der Waals surface area contributed by atoms with Crippen molar-refractivity contribution in [1.82, 2.24) is 0 Å². The molecule has 3 nitrogen and oxygen atoms in total. The lowest BCUT2D eigenvalue weighted by Gasteiger charge is -2.13. The average Bonchev–Trinajstić information content (AvgIpc) is 2.41. The van der Waals surface area contributed by atoms with E-state index in [1.807, 2.05) is 6.07 Å². The average molecular weight is 257 g/mol. The smallest absolute Gasteiger partial charge is 0.165 e. The van der Waals surface area contributed by atoms with Crippen LogP contribution in [0.4, 0.5) is 4.39 Å². The Bertz CT molecular complexity index is 632. The maximum Gasteiger partial charge on any atom is 0.165 e. The van der Waals surface area contributed by atoms with E-state index in [0.717, 1.165) is 0 Å². The maximum atomic E-state index is 13.5. The number of hydrogen-bond donors (Lipinski definition) is 1. The standard InChI is InChI=1S/C15H12FNO2/c1-10(18)12-7-6-11(9-17)8-15(12)19-14-5-3-2-4-13(14)16/h2-8,10,18H,1H3/t10-/m0/s1. The summed E-state index contributed by atoms with van der Waals surface area (Å²) in [6.45, 7) is 1.58. The summed E-state index contributed by atoms with van der Waals surface area (Å²) < 4.78 is 19.0. The van der Waals surface area contributed by atoms with E-state index in [1.54, 1.807) is 31.2 Å². The van der Waals surface area contributed by atoms with E-state index in [0.29, 0.717) is 11.1 Å². The van der Waals surface area contributed by atoms with Crippen LogP contribution in [-0.4, -0.2) is 5.11 Å². The molecule has 2 aromatic carbocycles. The van der Waals surface area contributed by atoms with Crippen molar-refractivity contribution in [1.29, 1.82) is 5.26 Å². The fraction of sp³-hybridized carbons (Fsp3) is 0.133. The van der Waals surface area contributed by atoms with Crippen molar-refractivity contribution in [3.05, 3.63) is 59.4 Å². The molecule has 2 rings (SSSR count). The molecule has 0 unspecified atom stereocenters. The van der Waals surface area contributed by atoms with Gasteiger partial charge in [0.15, 0.2) is 11.6 Å². The van der Waals surface area contributed by atoms with Gasteiger partial charge in [-0.25, -0.2) is 4.39 Å². The van der Waals surface area contributed by atoms with Crippen LogP contribution in [0.2, 0.25) is 0 Å². The Morgan fingerprint density at radius 1 is 1.21 bits per heavy atom. The van der Waals surface area contributed by atoms with Crippen LogP contribution in [0.25, 0.3) is 0 Å². The molecule has 0 saturated carbocycles. The molecule has 96 valence electrons. The Balaban J connectivity index is 2.44. The minimum absolute atomic E-state index is 0.0551. The minimum atomic E-state index is -0.769. The number of nitrogens with zero attached hydrogens (tertiary/aromatic N) is 1. The van der Waals surface area contributed by atoms with E-state index in [2.05, 4.69) is 0 Å². The molecule has 19 heavy (non-hydrogen) atoms. The maximum absolute atomic E-state index is 13.5. The van der Waals surface area contributed by atoms with E-state index in [4.69, 9.17) is 10.00 Å². The summed E-state index contributed by atoms with van der Waals surface area (Å²) in [7, 11) is 0. The molecule has 0 aliphatic rings. The molecule has 0 fully saturated rings. The van der Waals surface area contributed by atoms with Crippen LogP contribution in [0.1, 0.15) is 24.2 Å². The second kappa shape index (κ2) is 5.51. The van der Waals surface area contributed by atoms with Gasteiger partial charge in [0.05, 0.1) is 17.7 Å². The Morgan fingerprint density at radius 3 is 2.58 bits per heavy atom. The highest BCUT2D eigenvalue weighted by Crippen LogP contribution is 2.31. The van der Waals surface area contributed by atoms with Crippen LogP contribution >= 0.6 is 0 Å². The fourth-order valence-electron chi connectivity index (χ4n) is 1.68. The first kappa shape index (κ1) is 13.1. The normalized spacial score (nSPS) is 11.7. The van der Waals surface area contributed by atoms with E-state index >= 15 is 0 Å². The molecule has 0 aromatic heterocycles. The highest BCUT2D eigenvalue weighted by molar-refractivity contribution is 5.45. The highest BCUT2D eigenvalue weighted by Gasteiger charge is 2.12. The van der Waals surface area contributed by atoms with E-state index in [1.165, 1.54) is 18.2 Å². The zero-order valence-corrected chi connectivity index (χ0v) is 10.3. The molecule has 0 radical (unpaired) electrons. The van der Waals surface area contributed by atoms with Gasteiger partial charge in [-0.2, -0.15) is 5.26 Å². The molecule has 0 amide bonds. The van der Waals surface area contributed by atoms with Crippen molar-refractivity contribution in [2.24, 2.45) is 0 Å². The molecular formula is C15H12FNO2. The van der Waals surface area contributed by atoms with Crippen LogP contribution in [0, 0.1) is 17.1 Å². The summed E-state index contributed by atoms with van der Waals surface area (Å²) in [6.07, 6.45) is -0.769. The van der Waals surface area contributed by atoms with Gasteiger partial charge in [-0.15, -0.1) is 0 Å². The number of rotatable bonds is 3. The van der Waals surface area contributed by atoms with Crippen molar-refractivity contribution >= 4 is 0 Å². The van der Waals surface area contributed by atoms with Crippen molar-refractivity contribution in [2.45, 2.75) is 13.0 Å². The van der Waals surface area contributed by atoms with Crippen LogP contribution in [0.3, 0.4) is 0 Å². The molecule has 0 saturated heterocycles. The number of halogens is 1. The molecular weight excluding hydrogens is 245 g/mol. The third kappa shape index (κ3) is 2.90. The number of aliphatic hydroxyl groups is 1. The molecule has 2 aromatic rings. The van der Waals surface area contributed by atoms with E-state index in [9.17, 15) is 9.50 Å². The Labute approximate surface area is 110 Å². The van der Waals surface area contributed by atoms with Gasteiger partial charge in [-0.3, -0.25) is 0 Å². The third-order valence-corrected chi connectivity index (χ3v) is 2.65. The van der Waals surface area contributed by atoms with E-state index < -0.39 is 11.9 Å². The monoisotopic (exact) mass is 257 g/mol. The number of aliphatic hydroxyl groups excluding tert-OH is 1. The van der Waals surface area contributed by atoms with Gasteiger partial charge >= 0.3 is 0 Å². The molecule has 0 heterocycles. The summed E-state index contributed by atoms with van der Waals surface area (Å²) in [4.78, 5) is 0. The number of nitriles is 1. The molecule has 1 atom stereocenters. The van der Waals surface area contributed by atoms with Gasteiger partial charge in [0, 0.05) is 5.56 Å². The molecule has 4 heteroatoms. The molecule has 0 spiro atoms. The zero-order chi connectivity index (χ0) is 13.8.